The van der Waals surface area contributed by atoms with Crippen molar-refractivity contribution in [3.05, 3.63) is 35.9 Å². The van der Waals surface area contributed by atoms with Crippen molar-refractivity contribution in [1.29, 1.82) is 0 Å². The van der Waals surface area contributed by atoms with E-state index < -0.39 is 20.3 Å². The van der Waals surface area contributed by atoms with E-state index in [2.05, 4.69) is 29.3 Å². The van der Waals surface area contributed by atoms with Gasteiger partial charge >= 0.3 is 0 Å². The Labute approximate surface area is 145 Å². The van der Waals surface area contributed by atoms with Crippen molar-refractivity contribution < 1.29 is 13.2 Å². The summed E-state index contributed by atoms with van der Waals surface area (Å²) >= 11 is 0. The van der Waals surface area contributed by atoms with Gasteiger partial charge in [0, 0.05) is 25.2 Å². The molecule has 5 nitrogen and oxygen atoms in total. The highest BCUT2D eigenvalue weighted by Crippen LogP contribution is 2.24. The second kappa shape index (κ2) is 7.66. The van der Waals surface area contributed by atoms with E-state index in [1.807, 2.05) is 18.2 Å². The van der Waals surface area contributed by atoms with Crippen LogP contribution in [0.15, 0.2) is 30.3 Å². The molecule has 0 aromatic heterocycles. The fourth-order valence-corrected chi connectivity index (χ4v) is 4.26. The Morgan fingerprint density at radius 1 is 1.17 bits per heavy atom. The standard InChI is InChI=1S/C18H28N2O3S/c1-13(2)24(22,23)15(4)18(21)19-17-10-11-20(12-17)14(3)16-8-6-5-7-9-16/h5-9,13-15,17H,10-12H2,1-4H3,(H,19,21)/t14-,15-,17+/m1/s1. The van der Waals surface area contributed by atoms with Gasteiger partial charge in [-0.15, -0.1) is 0 Å². The molecule has 1 heterocycles. The Morgan fingerprint density at radius 3 is 2.38 bits per heavy atom. The van der Waals surface area contributed by atoms with Crippen molar-refractivity contribution >= 4 is 15.7 Å². The molecule has 0 aliphatic carbocycles. The van der Waals surface area contributed by atoms with Gasteiger partial charge in [0.2, 0.25) is 5.91 Å². The molecule has 134 valence electrons. The molecule has 3 atom stereocenters. The van der Waals surface area contributed by atoms with E-state index in [-0.39, 0.29) is 18.0 Å². The fraction of sp³-hybridized carbons (Fsp3) is 0.611. The first-order chi connectivity index (χ1) is 11.2. The van der Waals surface area contributed by atoms with E-state index in [4.69, 9.17) is 0 Å². The topological polar surface area (TPSA) is 66.5 Å². The quantitative estimate of drug-likeness (QED) is 0.852. The summed E-state index contributed by atoms with van der Waals surface area (Å²) in [6.45, 7) is 8.49. The van der Waals surface area contributed by atoms with Gasteiger partial charge in [-0.25, -0.2) is 8.42 Å². The first-order valence-corrected chi connectivity index (χ1v) is 10.2. The number of rotatable bonds is 6. The summed E-state index contributed by atoms with van der Waals surface area (Å²) in [5.41, 5.74) is 1.25. The molecule has 1 fully saturated rings. The molecule has 1 aliphatic rings. The highest BCUT2D eigenvalue weighted by atomic mass is 32.2. The van der Waals surface area contributed by atoms with Gasteiger partial charge in [-0.05, 0) is 39.7 Å². The number of carbonyl (C=O) groups is 1. The lowest BCUT2D eigenvalue weighted by Crippen LogP contribution is -2.46. The lowest BCUT2D eigenvalue weighted by Gasteiger charge is -2.25. The third kappa shape index (κ3) is 4.16. The van der Waals surface area contributed by atoms with Crippen LogP contribution in [0.2, 0.25) is 0 Å². The smallest absolute Gasteiger partial charge is 0.238 e. The lowest BCUT2D eigenvalue weighted by molar-refractivity contribution is -0.121. The van der Waals surface area contributed by atoms with E-state index in [9.17, 15) is 13.2 Å². The second-order valence-electron chi connectivity index (χ2n) is 6.86. The van der Waals surface area contributed by atoms with Gasteiger partial charge in [0.1, 0.15) is 5.25 Å². The predicted octanol–water partition coefficient (Wildman–Crippen LogP) is 2.15. The van der Waals surface area contributed by atoms with Crippen molar-refractivity contribution in [2.75, 3.05) is 13.1 Å². The summed E-state index contributed by atoms with van der Waals surface area (Å²) in [6, 6.07) is 10.6. The highest BCUT2D eigenvalue weighted by molar-refractivity contribution is 7.93. The number of hydrogen-bond donors (Lipinski definition) is 1. The van der Waals surface area contributed by atoms with Crippen LogP contribution in [0, 0.1) is 0 Å². The number of amides is 1. The van der Waals surface area contributed by atoms with E-state index in [1.165, 1.54) is 12.5 Å². The summed E-state index contributed by atoms with van der Waals surface area (Å²) in [6.07, 6.45) is 0.845. The van der Waals surface area contributed by atoms with Crippen LogP contribution >= 0.6 is 0 Å². The highest BCUT2D eigenvalue weighted by Gasteiger charge is 2.34. The van der Waals surface area contributed by atoms with Crippen molar-refractivity contribution in [2.24, 2.45) is 0 Å². The van der Waals surface area contributed by atoms with Crippen LogP contribution in [0.25, 0.3) is 0 Å². The Morgan fingerprint density at radius 2 is 1.79 bits per heavy atom. The maximum Gasteiger partial charge on any atom is 0.238 e. The largest absolute Gasteiger partial charge is 0.351 e. The Kier molecular flexibility index (Phi) is 6.04. The number of sulfone groups is 1. The van der Waals surface area contributed by atoms with Gasteiger partial charge in [0.15, 0.2) is 9.84 Å². The zero-order chi connectivity index (χ0) is 17.9. The van der Waals surface area contributed by atoms with Crippen LogP contribution in [-0.4, -0.2) is 48.9 Å². The van der Waals surface area contributed by atoms with Crippen LogP contribution in [0.3, 0.4) is 0 Å². The van der Waals surface area contributed by atoms with Gasteiger partial charge < -0.3 is 5.32 Å². The van der Waals surface area contributed by atoms with Crippen molar-refractivity contribution in [1.82, 2.24) is 10.2 Å². The van der Waals surface area contributed by atoms with E-state index in [0.29, 0.717) is 0 Å². The maximum atomic E-state index is 12.3. The van der Waals surface area contributed by atoms with Crippen molar-refractivity contribution in [3.8, 4) is 0 Å². The zero-order valence-electron chi connectivity index (χ0n) is 14.9. The zero-order valence-corrected chi connectivity index (χ0v) is 15.7. The van der Waals surface area contributed by atoms with E-state index in [0.717, 1.165) is 19.5 Å². The molecule has 2 rings (SSSR count). The minimum absolute atomic E-state index is 0.00785. The molecule has 0 unspecified atom stereocenters. The third-order valence-electron chi connectivity index (χ3n) is 4.91. The molecule has 6 heteroatoms. The van der Waals surface area contributed by atoms with Crippen molar-refractivity contribution in [2.45, 2.75) is 56.7 Å². The average molecular weight is 353 g/mol. The third-order valence-corrected chi connectivity index (χ3v) is 7.43. The maximum absolute atomic E-state index is 12.3. The van der Waals surface area contributed by atoms with Gasteiger partial charge in [0.05, 0.1) is 5.25 Å². The first-order valence-electron chi connectivity index (χ1n) is 8.55. The number of nitrogens with one attached hydrogen (secondary N) is 1. The van der Waals surface area contributed by atoms with Crippen molar-refractivity contribution in [3.63, 3.8) is 0 Å². The number of nitrogens with zero attached hydrogens (tertiary/aromatic N) is 1. The molecule has 1 aromatic carbocycles. The van der Waals surface area contributed by atoms with E-state index in [1.54, 1.807) is 13.8 Å². The van der Waals surface area contributed by atoms with Gasteiger partial charge in [0.25, 0.3) is 0 Å². The summed E-state index contributed by atoms with van der Waals surface area (Å²) in [5, 5.41) is 1.37. The molecule has 1 aromatic rings. The molecule has 0 bridgehead atoms. The minimum Gasteiger partial charge on any atom is -0.351 e. The van der Waals surface area contributed by atoms with Crippen LogP contribution in [0.1, 0.15) is 45.7 Å². The summed E-state index contributed by atoms with van der Waals surface area (Å²) in [5.74, 6) is -0.386. The van der Waals surface area contributed by atoms with Crippen LogP contribution in [0.5, 0.6) is 0 Å². The van der Waals surface area contributed by atoms with Crippen LogP contribution in [0.4, 0.5) is 0 Å². The van der Waals surface area contributed by atoms with Gasteiger partial charge in [-0.1, -0.05) is 30.3 Å². The molecule has 1 amide bonds. The summed E-state index contributed by atoms with van der Waals surface area (Å²) < 4.78 is 24.3. The molecule has 1 aliphatic heterocycles. The minimum atomic E-state index is -3.42. The Bertz CT molecular complexity index is 658. The van der Waals surface area contributed by atoms with Gasteiger partial charge in [-0.3, -0.25) is 9.69 Å². The molecule has 24 heavy (non-hydrogen) atoms. The molecule has 0 spiro atoms. The molecule has 0 saturated carbocycles. The number of hydrogen-bond acceptors (Lipinski definition) is 4. The summed E-state index contributed by atoms with van der Waals surface area (Å²) in [7, 11) is -3.42. The Hall–Kier alpha value is -1.40. The lowest BCUT2D eigenvalue weighted by atomic mass is 10.1. The molecule has 0 radical (unpaired) electrons. The van der Waals surface area contributed by atoms with Gasteiger partial charge in [-0.2, -0.15) is 0 Å². The van der Waals surface area contributed by atoms with Crippen LogP contribution < -0.4 is 5.32 Å². The SMILES string of the molecule is CC(C)S(=O)(=O)[C@H](C)C(=O)N[C@H]1CCN([C@H](C)c2ccccc2)C1. The van der Waals surface area contributed by atoms with Crippen LogP contribution in [-0.2, 0) is 14.6 Å². The molecule has 1 N–H and O–H groups in total. The first kappa shape index (κ1) is 18.9. The van der Waals surface area contributed by atoms with E-state index >= 15 is 0 Å². The average Bonchev–Trinajstić information content (AvgIpc) is 3.02. The number of benzene rings is 1. The predicted molar refractivity (Wildman–Crippen MR) is 96.5 cm³/mol. The number of likely N-dealkylation sites (tertiary alicyclic amines) is 1. The number of carbonyl (C=O) groups excluding carboxylic acids is 1. The molecule has 1 saturated heterocycles. The monoisotopic (exact) mass is 352 g/mol. The Balaban J connectivity index is 1.93. The molecular formula is C18H28N2O3S. The normalized spacial score (nSPS) is 21.6. The fourth-order valence-electron chi connectivity index (χ4n) is 3.08. The molecular weight excluding hydrogens is 324 g/mol. The second-order valence-corrected chi connectivity index (χ2v) is 9.68. The summed E-state index contributed by atoms with van der Waals surface area (Å²) in [4.78, 5) is 14.6.